The number of carbonyl (C=O) groups excluding carboxylic acids is 1. The second-order valence-corrected chi connectivity index (χ2v) is 5.94. The van der Waals surface area contributed by atoms with Crippen LogP contribution < -0.4 is 14.8 Å². The molecular formula is C20H25NO3. The molecule has 0 saturated carbocycles. The number of aryl methyl sites for hydroxylation is 1. The molecule has 2 aromatic rings. The third-order valence-electron chi connectivity index (χ3n) is 3.49. The van der Waals surface area contributed by atoms with Gasteiger partial charge >= 0.3 is 0 Å². The summed E-state index contributed by atoms with van der Waals surface area (Å²) in [7, 11) is 0. The minimum atomic E-state index is -0.591. The average molecular weight is 327 g/mol. The van der Waals surface area contributed by atoms with Crippen molar-refractivity contribution in [1.82, 2.24) is 0 Å². The van der Waals surface area contributed by atoms with Crippen LogP contribution in [0.2, 0.25) is 0 Å². The van der Waals surface area contributed by atoms with Gasteiger partial charge in [0.05, 0.1) is 6.10 Å². The van der Waals surface area contributed by atoms with Crippen molar-refractivity contribution in [2.75, 3.05) is 5.32 Å². The summed E-state index contributed by atoms with van der Waals surface area (Å²) in [6.45, 7) is 7.76. The number of nitrogens with one attached hydrogen (secondary N) is 1. The highest BCUT2D eigenvalue weighted by molar-refractivity contribution is 5.94. The molecule has 0 heterocycles. The fraction of sp³-hybridized carbons (Fsp3) is 0.350. The van der Waals surface area contributed by atoms with Crippen LogP contribution >= 0.6 is 0 Å². The zero-order valence-electron chi connectivity index (χ0n) is 14.7. The number of benzene rings is 2. The molecule has 0 spiro atoms. The first-order valence-electron chi connectivity index (χ1n) is 8.31. The van der Waals surface area contributed by atoms with Crippen LogP contribution in [-0.2, 0) is 11.2 Å². The predicted molar refractivity (Wildman–Crippen MR) is 96.7 cm³/mol. The third kappa shape index (κ3) is 5.30. The van der Waals surface area contributed by atoms with Crippen molar-refractivity contribution < 1.29 is 14.3 Å². The number of rotatable bonds is 7. The Kier molecular flexibility index (Phi) is 6.24. The predicted octanol–water partition coefficient (Wildman–Crippen LogP) is 4.44. The Balaban J connectivity index is 1.95. The third-order valence-corrected chi connectivity index (χ3v) is 3.49. The lowest BCUT2D eigenvalue weighted by molar-refractivity contribution is -0.122. The highest BCUT2D eigenvalue weighted by Gasteiger charge is 2.15. The van der Waals surface area contributed by atoms with Gasteiger partial charge in [0, 0.05) is 11.8 Å². The summed E-state index contributed by atoms with van der Waals surface area (Å²) in [4.78, 5) is 12.3. The Hall–Kier alpha value is -2.49. The molecule has 0 radical (unpaired) electrons. The van der Waals surface area contributed by atoms with Gasteiger partial charge in [-0.3, -0.25) is 4.79 Å². The standard InChI is InChI=1S/C20H25NO3/c1-5-16-9-11-18(12-10-16)24-15(4)20(22)21-17-7-6-8-19(13-17)23-14(2)3/h6-15H,5H2,1-4H3,(H,21,22). The van der Waals surface area contributed by atoms with E-state index < -0.39 is 6.10 Å². The van der Waals surface area contributed by atoms with E-state index in [0.29, 0.717) is 11.4 Å². The van der Waals surface area contributed by atoms with Gasteiger partial charge in [0.2, 0.25) is 0 Å². The molecule has 1 atom stereocenters. The molecule has 24 heavy (non-hydrogen) atoms. The zero-order chi connectivity index (χ0) is 17.5. The molecule has 128 valence electrons. The summed E-state index contributed by atoms with van der Waals surface area (Å²) in [5, 5.41) is 2.85. The second kappa shape index (κ2) is 8.39. The molecular weight excluding hydrogens is 302 g/mol. The maximum atomic E-state index is 12.3. The molecule has 1 N–H and O–H groups in total. The van der Waals surface area contributed by atoms with Gasteiger partial charge in [0.1, 0.15) is 11.5 Å². The van der Waals surface area contributed by atoms with E-state index in [-0.39, 0.29) is 12.0 Å². The first-order chi connectivity index (χ1) is 11.5. The van der Waals surface area contributed by atoms with E-state index in [1.54, 1.807) is 13.0 Å². The van der Waals surface area contributed by atoms with Crippen molar-refractivity contribution in [3.05, 3.63) is 54.1 Å². The molecule has 1 unspecified atom stereocenters. The van der Waals surface area contributed by atoms with Gasteiger partial charge in [-0.2, -0.15) is 0 Å². The van der Waals surface area contributed by atoms with E-state index in [9.17, 15) is 4.79 Å². The van der Waals surface area contributed by atoms with Crippen LogP contribution in [0, 0.1) is 0 Å². The van der Waals surface area contributed by atoms with Crippen LogP contribution in [0.3, 0.4) is 0 Å². The van der Waals surface area contributed by atoms with Gasteiger partial charge in [0.15, 0.2) is 6.10 Å². The number of ether oxygens (including phenoxy) is 2. The van der Waals surface area contributed by atoms with Crippen LogP contribution in [0.1, 0.15) is 33.3 Å². The van der Waals surface area contributed by atoms with Gasteiger partial charge in [-0.1, -0.05) is 25.1 Å². The summed E-state index contributed by atoms with van der Waals surface area (Å²) in [5.74, 6) is 1.22. The van der Waals surface area contributed by atoms with E-state index in [1.807, 2.05) is 56.3 Å². The maximum Gasteiger partial charge on any atom is 0.265 e. The lowest BCUT2D eigenvalue weighted by Crippen LogP contribution is -2.30. The fourth-order valence-corrected chi connectivity index (χ4v) is 2.22. The largest absolute Gasteiger partial charge is 0.491 e. The van der Waals surface area contributed by atoms with Gasteiger partial charge in [-0.05, 0) is 57.0 Å². The van der Waals surface area contributed by atoms with E-state index >= 15 is 0 Å². The summed E-state index contributed by atoms with van der Waals surface area (Å²) in [6, 6.07) is 15.1. The van der Waals surface area contributed by atoms with Crippen molar-refractivity contribution in [2.24, 2.45) is 0 Å². The van der Waals surface area contributed by atoms with E-state index in [4.69, 9.17) is 9.47 Å². The number of hydrogen-bond donors (Lipinski definition) is 1. The topological polar surface area (TPSA) is 47.6 Å². The van der Waals surface area contributed by atoms with Crippen molar-refractivity contribution in [3.63, 3.8) is 0 Å². The van der Waals surface area contributed by atoms with Crippen LogP contribution in [0.25, 0.3) is 0 Å². The van der Waals surface area contributed by atoms with E-state index in [2.05, 4.69) is 12.2 Å². The SMILES string of the molecule is CCc1ccc(OC(C)C(=O)Nc2cccc(OC(C)C)c2)cc1. The molecule has 0 bridgehead atoms. The van der Waals surface area contributed by atoms with Crippen molar-refractivity contribution in [2.45, 2.75) is 46.3 Å². The quantitative estimate of drug-likeness (QED) is 0.817. The van der Waals surface area contributed by atoms with Crippen LogP contribution in [-0.4, -0.2) is 18.1 Å². The van der Waals surface area contributed by atoms with Crippen molar-refractivity contribution in [1.29, 1.82) is 0 Å². The molecule has 0 aliphatic heterocycles. The van der Waals surface area contributed by atoms with Gasteiger partial charge in [-0.25, -0.2) is 0 Å². The molecule has 1 amide bonds. The summed E-state index contributed by atoms with van der Waals surface area (Å²) in [6.07, 6.45) is 0.474. The zero-order valence-corrected chi connectivity index (χ0v) is 14.7. The monoisotopic (exact) mass is 327 g/mol. The Morgan fingerprint density at radius 2 is 1.71 bits per heavy atom. The Morgan fingerprint density at radius 3 is 2.33 bits per heavy atom. The first-order valence-corrected chi connectivity index (χ1v) is 8.31. The molecule has 2 aromatic carbocycles. The lowest BCUT2D eigenvalue weighted by atomic mass is 10.2. The molecule has 0 fully saturated rings. The molecule has 0 aliphatic rings. The number of anilines is 1. The molecule has 0 aromatic heterocycles. The van der Waals surface area contributed by atoms with Crippen LogP contribution in [0.4, 0.5) is 5.69 Å². The van der Waals surface area contributed by atoms with Crippen molar-refractivity contribution in [3.8, 4) is 11.5 Å². The number of hydrogen-bond acceptors (Lipinski definition) is 3. The fourth-order valence-electron chi connectivity index (χ4n) is 2.22. The summed E-state index contributed by atoms with van der Waals surface area (Å²) >= 11 is 0. The smallest absolute Gasteiger partial charge is 0.265 e. The molecule has 0 saturated heterocycles. The molecule has 4 heteroatoms. The van der Waals surface area contributed by atoms with E-state index in [0.717, 1.165) is 12.2 Å². The lowest BCUT2D eigenvalue weighted by Gasteiger charge is -2.16. The Bertz CT molecular complexity index is 665. The second-order valence-electron chi connectivity index (χ2n) is 5.94. The number of carbonyl (C=O) groups is 1. The average Bonchev–Trinajstić information content (AvgIpc) is 2.55. The summed E-state index contributed by atoms with van der Waals surface area (Å²) < 4.78 is 11.3. The Labute approximate surface area is 143 Å². The minimum Gasteiger partial charge on any atom is -0.491 e. The van der Waals surface area contributed by atoms with Gasteiger partial charge in [0.25, 0.3) is 5.91 Å². The highest BCUT2D eigenvalue weighted by atomic mass is 16.5. The van der Waals surface area contributed by atoms with Crippen molar-refractivity contribution >= 4 is 11.6 Å². The minimum absolute atomic E-state index is 0.0873. The molecule has 2 rings (SSSR count). The maximum absolute atomic E-state index is 12.3. The molecule has 4 nitrogen and oxygen atoms in total. The van der Waals surface area contributed by atoms with Gasteiger partial charge < -0.3 is 14.8 Å². The highest BCUT2D eigenvalue weighted by Crippen LogP contribution is 2.19. The normalized spacial score (nSPS) is 11.9. The summed E-state index contributed by atoms with van der Waals surface area (Å²) in [5.41, 5.74) is 1.93. The Morgan fingerprint density at radius 1 is 1.00 bits per heavy atom. The van der Waals surface area contributed by atoms with Crippen LogP contribution in [0.5, 0.6) is 11.5 Å². The van der Waals surface area contributed by atoms with Crippen LogP contribution in [0.15, 0.2) is 48.5 Å². The van der Waals surface area contributed by atoms with Gasteiger partial charge in [-0.15, -0.1) is 0 Å². The molecule has 0 aliphatic carbocycles. The number of amides is 1. The first kappa shape index (κ1) is 17.9. The van der Waals surface area contributed by atoms with E-state index in [1.165, 1.54) is 5.56 Å².